The Kier molecular flexibility index (Phi) is 4.94. The first-order chi connectivity index (χ1) is 6.33. The zero-order chi connectivity index (χ0) is 9.52. The lowest BCUT2D eigenvalue weighted by atomic mass is 10.2. The van der Waals surface area contributed by atoms with Crippen molar-refractivity contribution in [2.45, 2.75) is 25.1 Å². The lowest BCUT2D eigenvalue weighted by molar-refractivity contribution is 0.655. The number of hydrogen-bond donors (Lipinski definition) is 2. The molecule has 1 nitrogen and oxygen atoms in total. The van der Waals surface area contributed by atoms with Crippen molar-refractivity contribution >= 4 is 12.6 Å². The standard InChI is InChI=1S/C11H17NS/c1-2-11(13)9-12-8-10-6-4-3-5-7-10/h3-7,11-13H,2,8-9H2,1H3. The third-order valence-corrected chi connectivity index (χ3v) is 2.57. The van der Waals surface area contributed by atoms with Crippen LogP contribution >= 0.6 is 12.6 Å². The molecule has 0 aliphatic carbocycles. The summed E-state index contributed by atoms with van der Waals surface area (Å²) in [6.07, 6.45) is 1.12. The normalized spacial score (nSPS) is 12.8. The van der Waals surface area contributed by atoms with Gasteiger partial charge in [0.25, 0.3) is 0 Å². The highest BCUT2D eigenvalue weighted by atomic mass is 32.1. The summed E-state index contributed by atoms with van der Waals surface area (Å²) in [4.78, 5) is 0. The van der Waals surface area contributed by atoms with Crippen molar-refractivity contribution in [2.75, 3.05) is 6.54 Å². The Morgan fingerprint density at radius 2 is 2.00 bits per heavy atom. The molecule has 0 saturated carbocycles. The van der Waals surface area contributed by atoms with Gasteiger partial charge in [-0.1, -0.05) is 37.3 Å². The van der Waals surface area contributed by atoms with Gasteiger partial charge in [-0.05, 0) is 12.0 Å². The van der Waals surface area contributed by atoms with E-state index in [1.807, 2.05) is 6.07 Å². The van der Waals surface area contributed by atoms with Gasteiger partial charge in [0, 0.05) is 18.3 Å². The molecular weight excluding hydrogens is 178 g/mol. The molecule has 2 heteroatoms. The van der Waals surface area contributed by atoms with Crippen molar-refractivity contribution in [2.24, 2.45) is 0 Å². The Morgan fingerprint density at radius 3 is 2.62 bits per heavy atom. The van der Waals surface area contributed by atoms with E-state index < -0.39 is 0 Å². The van der Waals surface area contributed by atoms with Gasteiger partial charge >= 0.3 is 0 Å². The molecule has 0 aliphatic rings. The van der Waals surface area contributed by atoms with Crippen LogP contribution in [0.15, 0.2) is 30.3 Å². The van der Waals surface area contributed by atoms with E-state index in [-0.39, 0.29) is 0 Å². The minimum Gasteiger partial charge on any atom is -0.312 e. The van der Waals surface area contributed by atoms with Gasteiger partial charge in [0.1, 0.15) is 0 Å². The van der Waals surface area contributed by atoms with E-state index >= 15 is 0 Å². The van der Waals surface area contributed by atoms with Crippen LogP contribution in [0.1, 0.15) is 18.9 Å². The van der Waals surface area contributed by atoms with E-state index in [0.29, 0.717) is 5.25 Å². The number of nitrogens with one attached hydrogen (secondary N) is 1. The summed E-state index contributed by atoms with van der Waals surface area (Å²) in [7, 11) is 0. The molecule has 1 N–H and O–H groups in total. The Labute approximate surface area is 86.0 Å². The van der Waals surface area contributed by atoms with E-state index in [1.54, 1.807) is 0 Å². The average molecular weight is 195 g/mol. The van der Waals surface area contributed by atoms with Crippen molar-refractivity contribution in [3.8, 4) is 0 Å². The molecule has 1 atom stereocenters. The molecule has 1 aromatic rings. The topological polar surface area (TPSA) is 12.0 Å². The highest BCUT2D eigenvalue weighted by Gasteiger charge is 1.97. The summed E-state index contributed by atoms with van der Waals surface area (Å²) >= 11 is 4.41. The van der Waals surface area contributed by atoms with E-state index in [0.717, 1.165) is 19.5 Å². The maximum atomic E-state index is 4.41. The number of rotatable bonds is 5. The fourth-order valence-electron chi connectivity index (χ4n) is 1.12. The third kappa shape index (κ3) is 4.34. The summed E-state index contributed by atoms with van der Waals surface area (Å²) in [5.41, 5.74) is 1.33. The molecule has 0 saturated heterocycles. The molecule has 0 aromatic heterocycles. The molecular formula is C11H17NS. The van der Waals surface area contributed by atoms with Crippen molar-refractivity contribution in [1.29, 1.82) is 0 Å². The van der Waals surface area contributed by atoms with Gasteiger partial charge in [-0.2, -0.15) is 12.6 Å². The number of thiol groups is 1. The SMILES string of the molecule is CCC(S)CNCc1ccccc1. The monoisotopic (exact) mass is 195 g/mol. The van der Waals surface area contributed by atoms with Crippen LogP contribution in [0.5, 0.6) is 0 Å². The molecule has 72 valence electrons. The van der Waals surface area contributed by atoms with Crippen LogP contribution < -0.4 is 5.32 Å². The fraction of sp³-hybridized carbons (Fsp3) is 0.455. The van der Waals surface area contributed by atoms with Crippen molar-refractivity contribution in [3.05, 3.63) is 35.9 Å². The predicted molar refractivity (Wildman–Crippen MR) is 61.2 cm³/mol. The molecule has 0 spiro atoms. The molecule has 0 aliphatic heterocycles. The van der Waals surface area contributed by atoms with E-state index in [1.165, 1.54) is 5.56 Å². The molecule has 0 radical (unpaired) electrons. The highest BCUT2D eigenvalue weighted by molar-refractivity contribution is 7.81. The average Bonchev–Trinajstić information content (AvgIpc) is 2.19. The van der Waals surface area contributed by atoms with Gasteiger partial charge in [0.2, 0.25) is 0 Å². The Balaban J connectivity index is 2.20. The lowest BCUT2D eigenvalue weighted by Crippen LogP contribution is -2.22. The van der Waals surface area contributed by atoms with Gasteiger partial charge in [0.05, 0.1) is 0 Å². The third-order valence-electron chi connectivity index (χ3n) is 2.02. The quantitative estimate of drug-likeness (QED) is 0.688. The largest absolute Gasteiger partial charge is 0.312 e. The zero-order valence-electron chi connectivity index (χ0n) is 8.03. The second-order valence-electron chi connectivity index (χ2n) is 3.18. The summed E-state index contributed by atoms with van der Waals surface area (Å²) in [6, 6.07) is 10.4. The van der Waals surface area contributed by atoms with Gasteiger partial charge < -0.3 is 5.32 Å². The molecule has 0 heterocycles. The first-order valence-electron chi connectivity index (χ1n) is 4.75. The lowest BCUT2D eigenvalue weighted by Gasteiger charge is -2.08. The van der Waals surface area contributed by atoms with Crippen LogP contribution in [-0.4, -0.2) is 11.8 Å². The molecule has 0 fully saturated rings. The van der Waals surface area contributed by atoms with E-state index in [4.69, 9.17) is 0 Å². The fourth-order valence-corrected chi connectivity index (χ4v) is 1.25. The Bertz CT molecular complexity index is 223. The summed E-state index contributed by atoms with van der Waals surface area (Å²) in [5.74, 6) is 0. The van der Waals surface area contributed by atoms with Crippen molar-refractivity contribution < 1.29 is 0 Å². The molecule has 0 bridgehead atoms. The van der Waals surface area contributed by atoms with Crippen molar-refractivity contribution in [3.63, 3.8) is 0 Å². The van der Waals surface area contributed by atoms with Crippen LogP contribution in [-0.2, 0) is 6.54 Å². The smallest absolute Gasteiger partial charge is 0.0205 e. The highest BCUT2D eigenvalue weighted by Crippen LogP contribution is 2.00. The van der Waals surface area contributed by atoms with Gasteiger partial charge in [-0.25, -0.2) is 0 Å². The van der Waals surface area contributed by atoms with Crippen LogP contribution in [0.3, 0.4) is 0 Å². The summed E-state index contributed by atoms with van der Waals surface area (Å²) in [6.45, 7) is 4.08. The summed E-state index contributed by atoms with van der Waals surface area (Å²) < 4.78 is 0. The van der Waals surface area contributed by atoms with Gasteiger partial charge in [-0.15, -0.1) is 0 Å². The summed E-state index contributed by atoms with van der Waals surface area (Å²) in [5, 5.41) is 3.85. The maximum Gasteiger partial charge on any atom is 0.0205 e. The van der Waals surface area contributed by atoms with E-state index in [9.17, 15) is 0 Å². The van der Waals surface area contributed by atoms with Crippen LogP contribution in [0.2, 0.25) is 0 Å². The number of hydrogen-bond acceptors (Lipinski definition) is 2. The van der Waals surface area contributed by atoms with E-state index in [2.05, 4.69) is 49.1 Å². The minimum absolute atomic E-state index is 0.476. The number of benzene rings is 1. The molecule has 1 aromatic carbocycles. The van der Waals surface area contributed by atoms with Gasteiger partial charge in [0.15, 0.2) is 0 Å². The predicted octanol–water partition coefficient (Wildman–Crippen LogP) is 2.48. The first-order valence-corrected chi connectivity index (χ1v) is 5.27. The second kappa shape index (κ2) is 6.06. The maximum absolute atomic E-state index is 4.41. The Hall–Kier alpha value is -0.470. The molecule has 1 rings (SSSR count). The molecule has 13 heavy (non-hydrogen) atoms. The van der Waals surface area contributed by atoms with Gasteiger partial charge in [-0.3, -0.25) is 0 Å². The van der Waals surface area contributed by atoms with Crippen LogP contribution in [0, 0.1) is 0 Å². The first kappa shape index (κ1) is 10.6. The van der Waals surface area contributed by atoms with Crippen LogP contribution in [0.4, 0.5) is 0 Å². The minimum atomic E-state index is 0.476. The zero-order valence-corrected chi connectivity index (χ0v) is 8.93. The van der Waals surface area contributed by atoms with Crippen molar-refractivity contribution in [1.82, 2.24) is 5.32 Å². The Morgan fingerprint density at radius 1 is 1.31 bits per heavy atom. The molecule has 1 unspecified atom stereocenters. The van der Waals surface area contributed by atoms with Crippen LogP contribution in [0.25, 0.3) is 0 Å². The molecule has 0 amide bonds. The second-order valence-corrected chi connectivity index (χ2v) is 3.91.